The minimum Gasteiger partial charge on any atom is -0.352 e. The van der Waals surface area contributed by atoms with Gasteiger partial charge in [0.25, 0.3) is 10.0 Å². The molecule has 10 heteroatoms. The van der Waals surface area contributed by atoms with Gasteiger partial charge in [-0.05, 0) is 72.0 Å². The van der Waals surface area contributed by atoms with Gasteiger partial charge in [-0.3, -0.25) is 0 Å². The van der Waals surface area contributed by atoms with Crippen LogP contribution in [0.2, 0.25) is 5.02 Å². The number of aryl methyl sites for hydroxylation is 1. The topological polar surface area (TPSA) is 70.6 Å². The summed E-state index contributed by atoms with van der Waals surface area (Å²) in [7, 11) is -3.92. The molecule has 156 valence electrons. The molecule has 0 heterocycles. The van der Waals surface area contributed by atoms with Crippen molar-refractivity contribution >= 4 is 61.8 Å². The van der Waals surface area contributed by atoms with Gasteiger partial charge in [0.05, 0.1) is 27.5 Å². The summed E-state index contributed by atoms with van der Waals surface area (Å²) in [6, 6.07) is 13.8. The fourth-order valence-corrected chi connectivity index (χ4v) is 4.13. The van der Waals surface area contributed by atoms with Gasteiger partial charge >= 0.3 is 0 Å². The first-order valence-electron chi connectivity index (χ1n) is 8.49. The van der Waals surface area contributed by atoms with E-state index < -0.39 is 21.7 Å². The van der Waals surface area contributed by atoms with Crippen LogP contribution in [-0.4, -0.2) is 14.6 Å². The van der Waals surface area contributed by atoms with E-state index >= 15 is 0 Å². The molecule has 0 aliphatic heterocycles. The third-order valence-corrected chi connectivity index (χ3v) is 6.24. The van der Waals surface area contributed by atoms with E-state index in [1.807, 2.05) is 11.8 Å². The number of rotatable bonds is 6. The van der Waals surface area contributed by atoms with E-state index in [0.29, 0.717) is 10.7 Å². The largest absolute Gasteiger partial charge is 0.352 e. The van der Waals surface area contributed by atoms with Crippen LogP contribution in [0.1, 0.15) is 11.1 Å². The number of hydrogen-bond acceptors (Lipinski definition) is 4. The first-order chi connectivity index (χ1) is 14.2. The maximum absolute atomic E-state index is 14.4. The monoisotopic (exact) mass is 561 g/mol. The third kappa shape index (κ3) is 5.27. The average Bonchev–Trinajstić information content (AvgIpc) is 2.69. The van der Waals surface area contributed by atoms with Crippen molar-refractivity contribution in [2.75, 3.05) is 5.32 Å². The van der Waals surface area contributed by atoms with Crippen LogP contribution in [0.25, 0.3) is 0 Å². The Morgan fingerprint density at radius 2 is 1.67 bits per heavy atom. The van der Waals surface area contributed by atoms with E-state index in [2.05, 4.69) is 33.0 Å². The normalized spacial score (nSPS) is 11.6. The van der Waals surface area contributed by atoms with E-state index in [-0.39, 0.29) is 16.1 Å². The molecule has 3 rings (SSSR count). The van der Waals surface area contributed by atoms with Crippen LogP contribution in [0.3, 0.4) is 0 Å². The SMILES string of the molecule is Cc1ccc(S(=O)(=O)N/N=C/c2ccc(Nc3ccc(I)cc3Cl)c(F)c2F)cc1. The lowest BCUT2D eigenvalue weighted by molar-refractivity contribution is 0.510. The van der Waals surface area contributed by atoms with Crippen LogP contribution in [0.5, 0.6) is 0 Å². The van der Waals surface area contributed by atoms with E-state index in [9.17, 15) is 17.2 Å². The number of nitrogens with one attached hydrogen (secondary N) is 2. The molecule has 3 aromatic carbocycles. The Balaban J connectivity index is 1.77. The van der Waals surface area contributed by atoms with Crippen LogP contribution >= 0.6 is 34.2 Å². The predicted molar refractivity (Wildman–Crippen MR) is 123 cm³/mol. The lowest BCUT2D eigenvalue weighted by Gasteiger charge is -2.11. The molecule has 0 spiro atoms. The van der Waals surface area contributed by atoms with E-state index in [1.165, 1.54) is 24.3 Å². The standard InChI is InChI=1S/C20H15ClF2IN3O2S/c1-12-2-6-15(7-3-12)30(28,29)27-25-11-13-4-8-18(20(23)19(13)22)26-17-9-5-14(24)10-16(17)21/h2-11,26-27H,1H3/b25-11+. The van der Waals surface area contributed by atoms with Gasteiger partial charge in [0.2, 0.25) is 0 Å². The number of benzene rings is 3. The Morgan fingerprint density at radius 1 is 1.00 bits per heavy atom. The van der Waals surface area contributed by atoms with Gasteiger partial charge in [-0.25, -0.2) is 13.6 Å². The highest BCUT2D eigenvalue weighted by Crippen LogP contribution is 2.29. The molecule has 0 fully saturated rings. The minimum absolute atomic E-state index is 0.00542. The van der Waals surface area contributed by atoms with Crippen molar-refractivity contribution < 1.29 is 17.2 Å². The average molecular weight is 562 g/mol. The Labute approximate surface area is 191 Å². The molecule has 3 aromatic rings. The number of anilines is 2. The number of hydrogen-bond donors (Lipinski definition) is 2. The molecule has 0 aliphatic carbocycles. The molecule has 0 bridgehead atoms. The van der Waals surface area contributed by atoms with Crippen molar-refractivity contribution in [2.24, 2.45) is 5.10 Å². The van der Waals surface area contributed by atoms with Crippen LogP contribution in [0, 0.1) is 22.1 Å². The summed E-state index contributed by atoms with van der Waals surface area (Å²) in [6.07, 6.45) is 0.895. The molecule has 0 radical (unpaired) electrons. The summed E-state index contributed by atoms with van der Waals surface area (Å²) < 4.78 is 54.1. The van der Waals surface area contributed by atoms with E-state index in [1.54, 1.807) is 30.3 Å². The highest BCUT2D eigenvalue weighted by atomic mass is 127. The second-order valence-electron chi connectivity index (χ2n) is 6.25. The Hall–Kier alpha value is -2.24. The van der Waals surface area contributed by atoms with Crippen molar-refractivity contribution in [3.05, 3.63) is 86.0 Å². The molecule has 5 nitrogen and oxygen atoms in total. The molecule has 0 saturated carbocycles. The molecule has 0 amide bonds. The molecule has 0 aromatic heterocycles. The van der Waals surface area contributed by atoms with Crippen molar-refractivity contribution in [3.63, 3.8) is 0 Å². The second kappa shape index (κ2) is 9.27. The lowest BCUT2D eigenvalue weighted by atomic mass is 10.2. The predicted octanol–water partition coefficient (Wildman–Crippen LogP) is 5.59. The fourth-order valence-electron chi connectivity index (χ4n) is 2.43. The molecule has 0 saturated heterocycles. The summed E-state index contributed by atoms with van der Waals surface area (Å²) in [5.41, 5.74) is 0.976. The van der Waals surface area contributed by atoms with Gasteiger partial charge in [0, 0.05) is 9.13 Å². The van der Waals surface area contributed by atoms with Gasteiger partial charge in [-0.15, -0.1) is 0 Å². The van der Waals surface area contributed by atoms with E-state index in [4.69, 9.17) is 11.6 Å². The molecule has 30 heavy (non-hydrogen) atoms. The summed E-state index contributed by atoms with van der Waals surface area (Å²) in [4.78, 5) is 1.98. The number of halogens is 4. The summed E-state index contributed by atoms with van der Waals surface area (Å²) >= 11 is 8.19. The minimum atomic E-state index is -3.92. The first-order valence-corrected chi connectivity index (χ1v) is 11.4. The van der Waals surface area contributed by atoms with Crippen molar-refractivity contribution in [1.82, 2.24) is 4.83 Å². The van der Waals surface area contributed by atoms with E-state index in [0.717, 1.165) is 15.3 Å². The van der Waals surface area contributed by atoms with Crippen LogP contribution in [-0.2, 0) is 10.0 Å². The van der Waals surface area contributed by atoms with Gasteiger partial charge in [-0.1, -0.05) is 29.3 Å². The quantitative estimate of drug-likeness (QED) is 0.234. The maximum Gasteiger partial charge on any atom is 0.276 e. The van der Waals surface area contributed by atoms with Crippen molar-refractivity contribution in [3.8, 4) is 0 Å². The molecular weight excluding hydrogens is 547 g/mol. The van der Waals surface area contributed by atoms with Gasteiger partial charge < -0.3 is 5.32 Å². The second-order valence-corrected chi connectivity index (χ2v) is 9.56. The molecular formula is C20H15ClF2IN3O2S. The smallest absolute Gasteiger partial charge is 0.276 e. The van der Waals surface area contributed by atoms with Crippen LogP contribution < -0.4 is 10.1 Å². The van der Waals surface area contributed by atoms with Crippen LogP contribution in [0.4, 0.5) is 20.2 Å². The summed E-state index contributed by atoms with van der Waals surface area (Å²) in [6.45, 7) is 1.82. The molecule has 2 N–H and O–H groups in total. The van der Waals surface area contributed by atoms with Crippen LogP contribution in [0.15, 0.2) is 64.6 Å². The van der Waals surface area contributed by atoms with Gasteiger partial charge in [0.1, 0.15) is 0 Å². The number of nitrogens with zero attached hydrogens (tertiary/aromatic N) is 1. The van der Waals surface area contributed by atoms with Gasteiger partial charge in [0.15, 0.2) is 11.6 Å². The zero-order valence-corrected chi connectivity index (χ0v) is 19.2. The van der Waals surface area contributed by atoms with Crippen molar-refractivity contribution in [2.45, 2.75) is 11.8 Å². The Kier molecular flexibility index (Phi) is 6.94. The lowest BCUT2D eigenvalue weighted by Crippen LogP contribution is -2.18. The molecule has 0 atom stereocenters. The number of sulfonamides is 1. The highest BCUT2D eigenvalue weighted by molar-refractivity contribution is 14.1. The molecule has 0 aliphatic rings. The number of hydrazone groups is 1. The maximum atomic E-state index is 14.4. The van der Waals surface area contributed by atoms with Gasteiger partial charge in [-0.2, -0.15) is 13.5 Å². The highest BCUT2D eigenvalue weighted by Gasteiger charge is 2.15. The Bertz CT molecular complexity index is 1220. The third-order valence-electron chi connectivity index (χ3n) is 4.02. The zero-order chi connectivity index (χ0) is 21.9. The Morgan fingerprint density at radius 3 is 2.33 bits per heavy atom. The summed E-state index contributed by atoms with van der Waals surface area (Å²) in [5.74, 6) is -2.32. The van der Waals surface area contributed by atoms with Crippen molar-refractivity contribution in [1.29, 1.82) is 0 Å². The molecule has 0 unspecified atom stereocenters. The summed E-state index contributed by atoms with van der Waals surface area (Å²) in [5, 5.41) is 6.63. The fraction of sp³-hybridized carbons (Fsp3) is 0.0500. The zero-order valence-electron chi connectivity index (χ0n) is 15.5. The first kappa shape index (κ1) is 22.4.